The molecule has 144 valence electrons. The van der Waals surface area contributed by atoms with E-state index in [1.165, 1.54) is 11.3 Å². The van der Waals surface area contributed by atoms with Crippen molar-refractivity contribution < 1.29 is 9.53 Å². The molecule has 1 heterocycles. The number of piperazine rings is 1. The molecule has 1 amide bonds. The van der Waals surface area contributed by atoms with Crippen molar-refractivity contribution in [2.24, 2.45) is 0 Å². The first-order valence-electron chi connectivity index (χ1n) is 9.55. The van der Waals surface area contributed by atoms with Gasteiger partial charge in [0.05, 0.1) is 12.8 Å². The van der Waals surface area contributed by atoms with Gasteiger partial charge in [0.2, 0.25) is 5.91 Å². The van der Waals surface area contributed by atoms with Crippen LogP contribution in [0.15, 0.2) is 42.5 Å². The van der Waals surface area contributed by atoms with Crippen LogP contribution in [0.25, 0.3) is 0 Å². The van der Waals surface area contributed by atoms with Gasteiger partial charge in [-0.2, -0.15) is 0 Å². The maximum absolute atomic E-state index is 12.5. The number of ether oxygens (including phenoxy) is 1. The van der Waals surface area contributed by atoms with Gasteiger partial charge in [0, 0.05) is 44.8 Å². The Hall–Kier alpha value is -2.69. The zero-order valence-electron chi connectivity index (χ0n) is 16.5. The number of carbonyl (C=O) groups is 1. The van der Waals surface area contributed by atoms with E-state index in [1.54, 1.807) is 7.11 Å². The van der Waals surface area contributed by atoms with Gasteiger partial charge in [-0.25, -0.2) is 0 Å². The number of hydrogen-bond acceptors (Lipinski definition) is 4. The Labute approximate surface area is 161 Å². The molecule has 3 rings (SSSR count). The topological polar surface area (TPSA) is 44.8 Å². The molecule has 1 fully saturated rings. The largest absolute Gasteiger partial charge is 0.495 e. The van der Waals surface area contributed by atoms with Crippen LogP contribution < -0.4 is 15.0 Å². The molecular weight excluding hydrogens is 338 g/mol. The quantitative estimate of drug-likeness (QED) is 0.849. The lowest BCUT2D eigenvalue weighted by molar-refractivity contribution is -0.131. The van der Waals surface area contributed by atoms with Crippen LogP contribution >= 0.6 is 0 Å². The molecule has 0 saturated carbocycles. The van der Waals surface area contributed by atoms with Crippen molar-refractivity contribution in [2.75, 3.05) is 50.1 Å². The molecule has 5 nitrogen and oxygen atoms in total. The van der Waals surface area contributed by atoms with Crippen LogP contribution in [0.5, 0.6) is 5.75 Å². The highest BCUT2D eigenvalue weighted by atomic mass is 16.5. The highest BCUT2D eigenvalue weighted by Crippen LogP contribution is 2.25. The smallest absolute Gasteiger partial charge is 0.224 e. The predicted octanol–water partition coefficient (Wildman–Crippen LogP) is 3.46. The van der Waals surface area contributed by atoms with Gasteiger partial charge >= 0.3 is 0 Å². The lowest BCUT2D eigenvalue weighted by Crippen LogP contribution is -2.49. The van der Waals surface area contributed by atoms with E-state index in [9.17, 15) is 4.79 Å². The summed E-state index contributed by atoms with van der Waals surface area (Å²) in [4.78, 5) is 16.9. The Morgan fingerprint density at radius 3 is 2.48 bits per heavy atom. The molecule has 1 aliphatic rings. The second kappa shape index (κ2) is 8.80. The second-order valence-electron chi connectivity index (χ2n) is 7.09. The van der Waals surface area contributed by atoms with Gasteiger partial charge in [0.25, 0.3) is 0 Å². The Morgan fingerprint density at radius 1 is 1.04 bits per heavy atom. The maximum atomic E-state index is 12.5. The minimum Gasteiger partial charge on any atom is -0.495 e. The van der Waals surface area contributed by atoms with Crippen LogP contribution in [0.4, 0.5) is 11.4 Å². The number of rotatable bonds is 6. The predicted molar refractivity (Wildman–Crippen MR) is 111 cm³/mol. The summed E-state index contributed by atoms with van der Waals surface area (Å²) in [6.07, 6.45) is 0.488. The normalized spacial score (nSPS) is 14.2. The minimum atomic E-state index is 0.206. The number of amides is 1. The molecule has 0 aromatic heterocycles. The SMILES string of the molecule is COc1ccc(C)cc1NCCC(=O)N1CCN(c2cccc(C)c2)CC1. The van der Waals surface area contributed by atoms with Crippen molar-refractivity contribution in [1.82, 2.24) is 4.90 Å². The molecule has 0 atom stereocenters. The molecule has 2 aromatic carbocycles. The number of nitrogens with one attached hydrogen (secondary N) is 1. The number of methoxy groups -OCH3 is 1. The fraction of sp³-hybridized carbons (Fsp3) is 0.409. The van der Waals surface area contributed by atoms with Crippen LogP contribution in [-0.2, 0) is 4.79 Å². The van der Waals surface area contributed by atoms with Crippen molar-refractivity contribution in [1.29, 1.82) is 0 Å². The van der Waals surface area contributed by atoms with Gasteiger partial charge in [-0.3, -0.25) is 4.79 Å². The molecule has 0 spiro atoms. The Bertz CT molecular complexity index is 783. The van der Waals surface area contributed by atoms with Crippen LogP contribution in [0, 0.1) is 13.8 Å². The molecule has 0 radical (unpaired) electrons. The lowest BCUT2D eigenvalue weighted by Gasteiger charge is -2.36. The summed E-state index contributed by atoms with van der Waals surface area (Å²) in [5.74, 6) is 1.01. The van der Waals surface area contributed by atoms with Crippen LogP contribution in [0.3, 0.4) is 0 Å². The van der Waals surface area contributed by atoms with Gasteiger partial charge in [0.15, 0.2) is 0 Å². The lowest BCUT2D eigenvalue weighted by atomic mass is 10.2. The summed E-state index contributed by atoms with van der Waals surface area (Å²) >= 11 is 0. The van der Waals surface area contributed by atoms with E-state index in [4.69, 9.17) is 4.74 Å². The zero-order valence-corrected chi connectivity index (χ0v) is 16.5. The third-order valence-electron chi connectivity index (χ3n) is 5.01. The third-order valence-corrected chi connectivity index (χ3v) is 5.01. The first kappa shape index (κ1) is 19.1. The molecule has 0 bridgehead atoms. The molecular formula is C22H29N3O2. The monoisotopic (exact) mass is 367 g/mol. The summed E-state index contributed by atoms with van der Waals surface area (Å²) in [5.41, 5.74) is 4.62. The molecule has 0 aliphatic carbocycles. The van der Waals surface area contributed by atoms with Crippen molar-refractivity contribution in [3.8, 4) is 5.75 Å². The van der Waals surface area contributed by atoms with Crippen molar-refractivity contribution in [3.63, 3.8) is 0 Å². The molecule has 0 unspecified atom stereocenters. The van der Waals surface area contributed by atoms with Gasteiger partial charge in [-0.05, 0) is 49.2 Å². The summed E-state index contributed by atoms with van der Waals surface area (Å²) < 4.78 is 5.37. The summed E-state index contributed by atoms with van der Waals surface area (Å²) in [5, 5.41) is 3.33. The van der Waals surface area contributed by atoms with E-state index in [0.717, 1.165) is 43.2 Å². The van der Waals surface area contributed by atoms with Gasteiger partial charge in [-0.1, -0.05) is 18.2 Å². The number of aryl methyl sites for hydroxylation is 2. The summed E-state index contributed by atoms with van der Waals surface area (Å²) in [6, 6.07) is 14.6. The van der Waals surface area contributed by atoms with Gasteiger partial charge < -0.3 is 19.9 Å². The fourth-order valence-corrected chi connectivity index (χ4v) is 3.46. The van der Waals surface area contributed by atoms with Crippen molar-refractivity contribution in [3.05, 3.63) is 53.6 Å². The highest BCUT2D eigenvalue weighted by molar-refractivity contribution is 5.77. The first-order valence-corrected chi connectivity index (χ1v) is 9.55. The Kier molecular flexibility index (Phi) is 6.22. The maximum Gasteiger partial charge on any atom is 0.224 e. The number of nitrogens with zero attached hydrogens (tertiary/aromatic N) is 2. The van der Waals surface area contributed by atoms with Crippen molar-refractivity contribution in [2.45, 2.75) is 20.3 Å². The van der Waals surface area contributed by atoms with Crippen LogP contribution in [0.2, 0.25) is 0 Å². The molecule has 5 heteroatoms. The standard InChI is InChI=1S/C22H29N3O2/c1-17-5-4-6-19(15-17)24-11-13-25(14-12-24)22(26)9-10-23-20-16-18(2)7-8-21(20)27-3/h4-8,15-16,23H,9-14H2,1-3H3. The van der Waals surface area contributed by atoms with Gasteiger partial charge in [-0.15, -0.1) is 0 Å². The van der Waals surface area contributed by atoms with E-state index in [0.29, 0.717) is 13.0 Å². The Balaban J connectivity index is 1.47. The van der Waals surface area contributed by atoms with Crippen LogP contribution in [0.1, 0.15) is 17.5 Å². The molecule has 1 saturated heterocycles. The van der Waals surface area contributed by atoms with E-state index in [1.807, 2.05) is 30.0 Å². The number of anilines is 2. The zero-order chi connectivity index (χ0) is 19.2. The van der Waals surface area contributed by atoms with Gasteiger partial charge in [0.1, 0.15) is 5.75 Å². The second-order valence-corrected chi connectivity index (χ2v) is 7.09. The number of hydrogen-bond donors (Lipinski definition) is 1. The number of carbonyl (C=O) groups excluding carboxylic acids is 1. The molecule has 27 heavy (non-hydrogen) atoms. The summed E-state index contributed by atoms with van der Waals surface area (Å²) in [7, 11) is 1.66. The fourth-order valence-electron chi connectivity index (χ4n) is 3.46. The van der Waals surface area contributed by atoms with E-state index >= 15 is 0 Å². The van der Waals surface area contributed by atoms with Crippen LogP contribution in [-0.4, -0.2) is 50.6 Å². The van der Waals surface area contributed by atoms with Crippen molar-refractivity contribution >= 4 is 17.3 Å². The minimum absolute atomic E-state index is 0.206. The van der Waals surface area contributed by atoms with E-state index in [-0.39, 0.29) is 5.91 Å². The number of benzene rings is 2. The third kappa shape index (κ3) is 4.94. The Morgan fingerprint density at radius 2 is 1.78 bits per heavy atom. The van der Waals surface area contributed by atoms with E-state index in [2.05, 4.69) is 41.4 Å². The average Bonchev–Trinajstić information content (AvgIpc) is 2.68. The molecule has 1 aliphatic heterocycles. The highest BCUT2D eigenvalue weighted by Gasteiger charge is 2.21. The molecule has 1 N–H and O–H groups in total. The summed E-state index contributed by atoms with van der Waals surface area (Å²) in [6.45, 7) is 8.09. The van der Waals surface area contributed by atoms with E-state index < -0.39 is 0 Å². The average molecular weight is 367 g/mol. The first-order chi connectivity index (χ1) is 13.1. The molecule has 2 aromatic rings.